The third kappa shape index (κ3) is 2.51. The van der Waals surface area contributed by atoms with Gasteiger partial charge < -0.3 is 4.42 Å². The molecule has 0 saturated carbocycles. The molecule has 3 rings (SSSR count). The smallest absolute Gasteiger partial charge is 0.273 e. The van der Waals surface area contributed by atoms with Gasteiger partial charge in [-0.3, -0.25) is 14.9 Å². The summed E-state index contributed by atoms with van der Waals surface area (Å²) < 4.78 is 5.63. The van der Waals surface area contributed by atoms with Crippen LogP contribution in [-0.4, -0.2) is 16.5 Å². The maximum Gasteiger partial charge on any atom is 0.273 e. The lowest BCUT2D eigenvalue weighted by atomic mass is 10.1. The van der Waals surface area contributed by atoms with E-state index in [0.29, 0.717) is 28.4 Å². The number of amides is 1. The highest BCUT2D eigenvalue weighted by atomic mass is 16.6. The first-order valence-corrected chi connectivity index (χ1v) is 6.46. The Balaban J connectivity index is 1.93. The normalized spacial score (nSPS) is 15.8. The molecular formula is C15H11N3O4. The first kappa shape index (κ1) is 13.7. The molecule has 2 heterocycles. The zero-order valence-corrected chi connectivity index (χ0v) is 11.6. The van der Waals surface area contributed by atoms with E-state index in [1.807, 2.05) is 0 Å². The lowest BCUT2D eigenvalue weighted by Gasteiger charge is -1.97. The van der Waals surface area contributed by atoms with Crippen LogP contribution in [0.2, 0.25) is 0 Å². The van der Waals surface area contributed by atoms with E-state index in [2.05, 4.69) is 10.5 Å². The highest BCUT2D eigenvalue weighted by molar-refractivity contribution is 6.26. The third-order valence-corrected chi connectivity index (χ3v) is 3.21. The minimum atomic E-state index is -0.460. The van der Waals surface area contributed by atoms with Crippen molar-refractivity contribution in [2.45, 2.75) is 6.92 Å². The van der Waals surface area contributed by atoms with Crippen molar-refractivity contribution in [2.24, 2.45) is 5.10 Å². The molecule has 0 atom stereocenters. The standard InChI is InChI=1S/C15H11N3O4/c1-9-13(15(19)17-16-9)8-12-5-6-14(22-12)10-3-2-4-11(7-10)18(20)21/h2-8H,1H3,(H,17,19)/b13-8-. The monoisotopic (exact) mass is 297 g/mol. The zero-order chi connectivity index (χ0) is 15.7. The van der Waals surface area contributed by atoms with Gasteiger partial charge in [0.1, 0.15) is 11.5 Å². The zero-order valence-electron chi connectivity index (χ0n) is 11.6. The van der Waals surface area contributed by atoms with Crippen LogP contribution in [0.15, 0.2) is 51.5 Å². The van der Waals surface area contributed by atoms with Gasteiger partial charge in [-0.2, -0.15) is 5.10 Å². The number of nitro groups is 1. The average Bonchev–Trinajstić information content (AvgIpc) is 3.10. The molecule has 110 valence electrons. The van der Waals surface area contributed by atoms with E-state index >= 15 is 0 Å². The molecule has 7 heteroatoms. The topological polar surface area (TPSA) is 97.7 Å². The van der Waals surface area contributed by atoms with Gasteiger partial charge >= 0.3 is 0 Å². The van der Waals surface area contributed by atoms with Crippen molar-refractivity contribution in [1.82, 2.24) is 5.43 Å². The van der Waals surface area contributed by atoms with E-state index in [4.69, 9.17) is 4.42 Å². The Morgan fingerprint density at radius 1 is 1.32 bits per heavy atom. The maximum atomic E-state index is 11.6. The van der Waals surface area contributed by atoms with Gasteiger partial charge in [0.05, 0.1) is 16.2 Å². The van der Waals surface area contributed by atoms with Gasteiger partial charge in [0.25, 0.3) is 11.6 Å². The fraction of sp³-hybridized carbons (Fsp3) is 0.0667. The molecule has 22 heavy (non-hydrogen) atoms. The largest absolute Gasteiger partial charge is 0.457 e. The van der Waals surface area contributed by atoms with Crippen LogP contribution in [0.1, 0.15) is 12.7 Å². The van der Waals surface area contributed by atoms with E-state index in [1.165, 1.54) is 12.1 Å². The number of hydrogen-bond donors (Lipinski definition) is 1. The Morgan fingerprint density at radius 3 is 2.82 bits per heavy atom. The van der Waals surface area contributed by atoms with Gasteiger partial charge in [-0.15, -0.1) is 0 Å². The number of rotatable bonds is 3. The molecule has 0 bridgehead atoms. The SMILES string of the molecule is CC1=NNC(=O)/C1=C\c1ccc(-c2cccc([N+](=O)[O-])c2)o1. The quantitative estimate of drug-likeness (QED) is 0.535. The van der Waals surface area contributed by atoms with Crippen LogP contribution < -0.4 is 5.43 Å². The van der Waals surface area contributed by atoms with Gasteiger partial charge in [0.15, 0.2) is 0 Å². The Kier molecular flexibility index (Phi) is 3.30. The van der Waals surface area contributed by atoms with Gasteiger partial charge in [0.2, 0.25) is 0 Å². The Bertz CT molecular complexity index is 833. The van der Waals surface area contributed by atoms with E-state index in [9.17, 15) is 14.9 Å². The predicted octanol–water partition coefficient (Wildman–Crippen LogP) is 2.74. The molecule has 1 aliphatic heterocycles. The summed E-state index contributed by atoms with van der Waals surface area (Å²) in [5.74, 6) is 0.678. The molecule has 1 aliphatic rings. The molecule has 1 aromatic heterocycles. The fourth-order valence-corrected chi connectivity index (χ4v) is 2.09. The molecule has 1 amide bonds. The van der Waals surface area contributed by atoms with Crippen LogP contribution in [0, 0.1) is 10.1 Å². The average molecular weight is 297 g/mol. The molecule has 0 spiro atoms. The van der Waals surface area contributed by atoms with Crippen molar-refractivity contribution < 1.29 is 14.1 Å². The van der Waals surface area contributed by atoms with Crippen molar-refractivity contribution in [2.75, 3.05) is 0 Å². The van der Waals surface area contributed by atoms with Crippen molar-refractivity contribution in [1.29, 1.82) is 0 Å². The molecule has 1 aromatic carbocycles. The minimum absolute atomic E-state index is 0.00745. The van der Waals surface area contributed by atoms with E-state index < -0.39 is 4.92 Å². The summed E-state index contributed by atoms with van der Waals surface area (Å²) in [4.78, 5) is 21.9. The summed E-state index contributed by atoms with van der Waals surface area (Å²) in [6.07, 6.45) is 1.59. The lowest BCUT2D eigenvalue weighted by Crippen LogP contribution is -2.12. The lowest BCUT2D eigenvalue weighted by molar-refractivity contribution is -0.384. The summed E-state index contributed by atoms with van der Waals surface area (Å²) in [6.45, 7) is 1.72. The molecule has 0 radical (unpaired) electrons. The first-order chi connectivity index (χ1) is 10.5. The summed E-state index contributed by atoms with van der Waals surface area (Å²) in [6, 6.07) is 9.56. The third-order valence-electron chi connectivity index (χ3n) is 3.21. The summed E-state index contributed by atoms with van der Waals surface area (Å²) in [7, 11) is 0. The van der Waals surface area contributed by atoms with Gasteiger partial charge in [0, 0.05) is 17.7 Å². The number of furan rings is 1. The number of carbonyl (C=O) groups excluding carboxylic acids is 1. The number of hydrazone groups is 1. The molecule has 2 aromatic rings. The van der Waals surface area contributed by atoms with E-state index in [0.717, 1.165) is 0 Å². The van der Waals surface area contributed by atoms with Crippen LogP contribution in [0.5, 0.6) is 0 Å². The molecule has 0 saturated heterocycles. The molecule has 0 aliphatic carbocycles. The minimum Gasteiger partial charge on any atom is -0.457 e. The molecule has 7 nitrogen and oxygen atoms in total. The highest BCUT2D eigenvalue weighted by Crippen LogP contribution is 2.26. The number of nitro benzene ring substituents is 1. The number of nitrogens with one attached hydrogen (secondary N) is 1. The summed E-state index contributed by atoms with van der Waals surface area (Å²) in [5, 5.41) is 14.6. The van der Waals surface area contributed by atoms with Crippen LogP contribution in [0.3, 0.4) is 0 Å². The summed E-state index contributed by atoms with van der Waals surface area (Å²) >= 11 is 0. The van der Waals surface area contributed by atoms with Crippen molar-refractivity contribution in [3.05, 3.63) is 57.8 Å². The molecule has 1 N–H and O–H groups in total. The Morgan fingerprint density at radius 2 is 2.14 bits per heavy atom. The summed E-state index contributed by atoms with van der Waals surface area (Å²) in [5.41, 5.74) is 3.96. The van der Waals surface area contributed by atoms with Crippen molar-refractivity contribution in [3.8, 4) is 11.3 Å². The van der Waals surface area contributed by atoms with Crippen LogP contribution in [-0.2, 0) is 4.79 Å². The first-order valence-electron chi connectivity index (χ1n) is 6.46. The number of hydrogen-bond acceptors (Lipinski definition) is 5. The number of carbonyl (C=O) groups is 1. The van der Waals surface area contributed by atoms with E-state index in [1.54, 1.807) is 37.3 Å². The fourth-order valence-electron chi connectivity index (χ4n) is 2.09. The van der Waals surface area contributed by atoms with Crippen LogP contribution in [0.4, 0.5) is 5.69 Å². The molecule has 0 unspecified atom stereocenters. The van der Waals surface area contributed by atoms with Gasteiger partial charge in [-0.1, -0.05) is 12.1 Å². The van der Waals surface area contributed by atoms with E-state index in [-0.39, 0.29) is 11.6 Å². The number of benzene rings is 1. The van der Waals surface area contributed by atoms with Crippen LogP contribution in [0.25, 0.3) is 17.4 Å². The van der Waals surface area contributed by atoms with Crippen molar-refractivity contribution >= 4 is 23.4 Å². The molecule has 0 fully saturated rings. The maximum absolute atomic E-state index is 11.6. The van der Waals surface area contributed by atoms with Gasteiger partial charge in [-0.05, 0) is 25.1 Å². The van der Waals surface area contributed by atoms with Gasteiger partial charge in [-0.25, -0.2) is 5.43 Å². The van der Waals surface area contributed by atoms with Crippen molar-refractivity contribution in [3.63, 3.8) is 0 Å². The second kappa shape index (κ2) is 5.28. The number of non-ortho nitro benzene ring substituents is 1. The second-order valence-electron chi connectivity index (χ2n) is 4.71. The second-order valence-corrected chi connectivity index (χ2v) is 4.71. The predicted molar refractivity (Wildman–Crippen MR) is 80.0 cm³/mol. The Labute approximate surface area is 125 Å². The molecular weight excluding hydrogens is 286 g/mol. The highest BCUT2D eigenvalue weighted by Gasteiger charge is 2.19. The Hall–Kier alpha value is -3.22. The van der Waals surface area contributed by atoms with Crippen LogP contribution >= 0.6 is 0 Å². The number of nitrogens with zero attached hydrogens (tertiary/aromatic N) is 2.